The Morgan fingerprint density at radius 2 is 1.53 bits per heavy atom. The van der Waals surface area contributed by atoms with Crippen LogP contribution in [0.3, 0.4) is 0 Å². The molecule has 14 nitrogen and oxygen atoms in total. The summed E-state index contributed by atoms with van der Waals surface area (Å²) < 4.78 is 0. The van der Waals surface area contributed by atoms with Crippen molar-refractivity contribution in [1.29, 1.82) is 0 Å². The van der Waals surface area contributed by atoms with Gasteiger partial charge in [-0.25, -0.2) is 4.79 Å². The van der Waals surface area contributed by atoms with Gasteiger partial charge in [-0.1, -0.05) is 0 Å². The number of unbranched alkanes of at least 4 members (excludes halogenated alkanes) is 1. The molecule has 0 aromatic carbocycles. The maximum absolute atomic E-state index is 12.9. The van der Waals surface area contributed by atoms with Crippen LogP contribution in [0.2, 0.25) is 0 Å². The number of aliphatic imine (C=N–C) groups is 1. The number of guanidine groups is 1. The third-order valence-electron chi connectivity index (χ3n) is 5.17. The number of carboxylic acids is 1. The molecule has 0 bridgehead atoms. The van der Waals surface area contributed by atoms with Crippen molar-refractivity contribution in [1.82, 2.24) is 16.0 Å². The standard InChI is InChI=1S/C21H42N8O6S/c1-12(30)16(29-17(31)13(23)8-11-36-2)19(33)27-14(6-3-4-9-22)18(32)28-15(20(34)35)7-5-10-26-21(24)25/h12-16,30H,3-11,22-23H2,1-2H3,(H,27,33)(H,28,32)(H,29,31)(H,34,35)(H4,24,25,26). The first kappa shape index (κ1) is 33.4. The van der Waals surface area contributed by atoms with Crippen molar-refractivity contribution in [2.75, 3.05) is 25.1 Å². The molecular formula is C21H42N8O6S. The van der Waals surface area contributed by atoms with Crippen LogP contribution in [0.1, 0.15) is 45.4 Å². The summed E-state index contributed by atoms with van der Waals surface area (Å²) in [5.41, 5.74) is 21.9. The number of aliphatic hydroxyl groups is 1. The highest BCUT2D eigenvalue weighted by atomic mass is 32.2. The highest BCUT2D eigenvalue weighted by Gasteiger charge is 2.32. The van der Waals surface area contributed by atoms with Gasteiger partial charge in [0.25, 0.3) is 0 Å². The molecular weight excluding hydrogens is 492 g/mol. The van der Waals surface area contributed by atoms with Crippen LogP contribution in [-0.4, -0.2) is 95.2 Å². The van der Waals surface area contributed by atoms with Crippen molar-refractivity contribution >= 4 is 41.4 Å². The molecule has 0 spiro atoms. The fourth-order valence-corrected chi connectivity index (χ4v) is 3.59. The van der Waals surface area contributed by atoms with Crippen molar-refractivity contribution in [2.24, 2.45) is 27.9 Å². The number of aliphatic carboxylic acids is 1. The Hall–Kier alpha value is -2.62. The van der Waals surface area contributed by atoms with E-state index in [-0.39, 0.29) is 25.3 Å². The number of thioether (sulfide) groups is 1. The Labute approximate surface area is 215 Å². The zero-order chi connectivity index (χ0) is 27.7. The van der Waals surface area contributed by atoms with Gasteiger partial charge in [0.1, 0.15) is 18.1 Å². The van der Waals surface area contributed by atoms with Crippen LogP contribution in [0.5, 0.6) is 0 Å². The topological polar surface area (TPSA) is 261 Å². The van der Waals surface area contributed by atoms with Crippen LogP contribution in [0.4, 0.5) is 0 Å². The maximum atomic E-state index is 12.9. The predicted octanol–water partition coefficient (Wildman–Crippen LogP) is -2.83. The number of carbonyl (C=O) groups is 4. The summed E-state index contributed by atoms with van der Waals surface area (Å²) in [5, 5.41) is 26.9. The molecule has 0 aromatic heterocycles. The van der Waals surface area contributed by atoms with E-state index < -0.39 is 54.0 Å². The van der Waals surface area contributed by atoms with Gasteiger partial charge in [0.05, 0.1) is 12.1 Å². The van der Waals surface area contributed by atoms with Crippen LogP contribution in [0.25, 0.3) is 0 Å². The molecule has 5 unspecified atom stereocenters. The summed E-state index contributed by atoms with van der Waals surface area (Å²) in [5.74, 6) is -2.88. The van der Waals surface area contributed by atoms with Crippen LogP contribution in [-0.2, 0) is 19.2 Å². The van der Waals surface area contributed by atoms with E-state index >= 15 is 0 Å². The third-order valence-corrected chi connectivity index (χ3v) is 5.82. The lowest BCUT2D eigenvalue weighted by Crippen LogP contribution is -2.59. The molecule has 208 valence electrons. The highest BCUT2D eigenvalue weighted by Crippen LogP contribution is 2.06. The molecule has 5 atom stereocenters. The first-order chi connectivity index (χ1) is 16.9. The molecule has 3 amide bonds. The number of carbonyl (C=O) groups excluding carboxylic acids is 3. The third kappa shape index (κ3) is 14.1. The number of carboxylic acid groups (broad SMARTS) is 1. The van der Waals surface area contributed by atoms with E-state index in [2.05, 4.69) is 20.9 Å². The number of hydrogen-bond donors (Lipinski definition) is 9. The molecule has 0 radical (unpaired) electrons. The lowest BCUT2D eigenvalue weighted by molar-refractivity contribution is -0.142. The van der Waals surface area contributed by atoms with Crippen LogP contribution in [0.15, 0.2) is 4.99 Å². The van der Waals surface area contributed by atoms with Gasteiger partial charge in [-0.05, 0) is 64.0 Å². The maximum Gasteiger partial charge on any atom is 0.326 e. The SMILES string of the molecule is CSCCC(N)C(=O)NC(C(=O)NC(CCCCN)C(=O)NC(CCCN=C(N)N)C(=O)O)C(C)O. The number of nitrogens with two attached hydrogens (primary N) is 4. The van der Waals surface area contributed by atoms with Crippen molar-refractivity contribution in [2.45, 2.75) is 75.7 Å². The van der Waals surface area contributed by atoms with E-state index in [1.54, 1.807) is 0 Å². The van der Waals surface area contributed by atoms with Crippen molar-refractivity contribution in [3.63, 3.8) is 0 Å². The quantitative estimate of drug-likeness (QED) is 0.0463. The molecule has 0 aromatic rings. The molecule has 13 N–H and O–H groups in total. The summed E-state index contributed by atoms with van der Waals surface area (Å²) in [7, 11) is 0. The van der Waals surface area contributed by atoms with Crippen molar-refractivity contribution < 1.29 is 29.4 Å². The van der Waals surface area contributed by atoms with E-state index in [1.807, 2.05) is 6.26 Å². The van der Waals surface area contributed by atoms with Gasteiger partial charge in [-0.15, -0.1) is 0 Å². The van der Waals surface area contributed by atoms with Gasteiger partial charge in [-0.3, -0.25) is 19.4 Å². The van der Waals surface area contributed by atoms with E-state index in [0.29, 0.717) is 38.0 Å². The Balaban J connectivity index is 5.38. The fraction of sp³-hybridized carbons (Fsp3) is 0.762. The summed E-state index contributed by atoms with van der Waals surface area (Å²) in [6, 6.07) is -4.59. The van der Waals surface area contributed by atoms with Gasteiger partial charge in [0.2, 0.25) is 17.7 Å². The van der Waals surface area contributed by atoms with Gasteiger partial charge < -0.3 is 49.1 Å². The van der Waals surface area contributed by atoms with Gasteiger partial charge in [0, 0.05) is 6.54 Å². The number of nitrogens with one attached hydrogen (secondary N) is 3. The number of amides is 3. The molecule has 0 aliphatic carbocycles. The molecule has 0 aliphatic rings. The predicted molar refractivity (Wildman–Crippen MR) is 139 cm³/mol. The molecule has 36 heavy (non-hydrogen) atoms. The number of rotatable bonds is 19. The molecule has 0 rings (SSSR count). The van der Waals surface area contributed by atoms with E-state index in [9.17, 15) is 29.4 Å². The minimum absolute atomic E-state index is 0.0572. The smallest absolute Gasteiger partial charge is 0.326 e. The Morgan fingerprint density at radius 1 is 0.917 bits per heavy atom. The average Bonchev–Trinajstić information content (AvgIpc) is 2.81. The van der Waals surface area contributed by atoms with Gasteiger partial charge >= 0.3 is 5.97 Å². The number of hydrogen-bond acceptors (Lipinski definition) is 9. The fourth-order valence-electron chi connectivity index (χ4n) is 3.10. The minimum Gasteiger partial charge on any atom is -0.480 e. The van der Waals surface area contributed by atoms with Crippen molar-refractivity contribution in [3.8, 4) is 0 Å². The first-order valence-electron chi connectivity index (χ1n) is 11.8. The van der Waals surface area contributed by atoms with Crippen LogP contribution >= 0.6 is 11.8 Å². The second-order valence-electron chi connectivity index (χ2n) is 8.31. The Morgan fingerprint density at radius 3 is 2.06 bits per heavy atom. The van der Waals surface area contributed by atoms with Crippen LogP contribution < -0.4 is 38.9 Å². The van der Waals surface area contributed by atoms with E-state index in [4.69, 9.17) is 22.9 Å². The van der Waals surface area contributed by atoms with Gasteiger partial charge in [-0.2, -0.15) is 11.8 Å². The largest absolute Gasteiger partial charge is 0.480 e. The molecule has 0 fully saturated rings. The second kappa shape index (κ2) is 18.6. The summed E-state index contributed by atoms with van der Waals surface area (Å²) >= 11 is 1.51. The molecule has 0 heterocycles. The zero-order valence-electron chi connectivity index (χ0n) is 20.9. The van der Waals surface area contributed by atoms with Crippen LogP contribution in [0, 0.1) is 0 Å². The lowest BCUT2D eigenvalue weighted by Gasteiger charge is -2.26. The average molecular weight is 535 g/mol. The van der Waals surface area contributed by atoms with Crippen molar-refractivity contribution in [3.05, 3.63) is 0 Å². The molecule has 0 saturated carbocycles. The molecule has 0 saturated heterocycles. The van der Waals surface area contributed by atoms with E-state index in [1.165, 1.54) is 18.7 Å². The van der Waals surface area contributed by atoms with E-state index in [0.717, 1.165) is 0 Å². The second-order valence-corrected chi connectivity index (χ2v) is 9.29. The molecule has 15 heteroatoms. The minimum atomic E-state index is -1.36. The zero-order valence-corrected chi connectivity index (χ0v) is 21.8. The molecule has 0 aliphatic heterocycles. The Bertz CT molecular complexity index is 735. The van der Waals surface area contributed by atoms with Gasteiger partial charge in [0.15, 0.2) is 5.96 Å². The normalized spacial score (nSPS) is 15.0. The first-order valence-corrected chi connectivity index (χ1v) is 13.2. The summed E-state index contributed by atoms with van der Waals surface area (Å²) in [4.78, 5) is 53.6. The summed E-state index contributed by atoms with van der Waals surface area (Å²) in [6.45, 7) is 1.87. The summed E-state index contributed by atoms with van der Waals surface area (Å²) in [6.07, 6.45) is 2.54. The number of aliphatic hydroxyl groups excluding tert-OH is 1. The Kier molecular flexibility index (Phi) is 17.3. The lowest BCUT2D eigenvalue weighted by atomic mass is 10.0. The number of nitrogens with zero attached hydrogens (tertiary/aromatic N) is 1. The monoisotopic (exact) mass is 534 g/mol. The highest BCUT2D eigenvalue weighted by molar-refractivity contribution is 7.98.